The number of benzene rings is 1. The second-order valence-corrected chi connectivity index (χ2v) is 7.18. The molecule has 142 valence electrons. The molecule has 2 aliphatic heterocycles. The molecule has 1 aromatic carbocycles. The lowest BCUT2D eigenvalue weighted by Crippen LogP contribution is -2.47. The standard InChI is InChI=1S/C19H26N2O5/c1-13-9-14(18(22)23)11-21(10-13)19(24)20-15-4-6-16(7-5-15)26-12-17-3-2-8-25-17/h4-7,13-14,17H,2-3,8-12H2,1H3,(H,20,24)(H,22,23). The van der Waals surface area contributed by atoms with E-state index in [9.17, 15) is 14.7 Å². The first kappa shape index (κ1) is 18.5. The third-order valence-electron chi connectivity index (χ3n) is 4.86. The van der Waals surface area contributed by atoms with Crippen LogP contribution in [0.15, 0.2) is 24.3 Å². The van der Waals surface area contributed by atoms with Gasteiger partial charge < -0.3 is 24.8 Å². The Hall–Kier alpha value is -2.28. The highest BCUT2D eigenvalue weighted by molar-refractivity contribution is 5.89. The molecule has 0 bridgehead atoms. The molecular weight excluding hydrogens is 336 g/mol. The third kappa shape index (κ3) is 4.88. The van der Waals surface area contributed by atoms with E-state index in [-0.39, 0.29) is 24.6 Å². The van der Waals surface area contributed by atoms with Gasteiger partial charge in [0.2, 0.25) is 0 Å². The molecule has 0 saturated carbocycles. The van der Waals surface area contributed by atoms with Gasteiger partial charge in [-0.25, -0.2) is 4.79 Å². The highest BCUT2D eigenvalue weighted by atomic mass is 16.5. The molecule has 2 heterocycles. The van der Waals surface area contributed by atoms with Gasteiger partial charge in [-0.3, -0.25) is 4.79 Å². The van der Waals surface area contributed by atoms with Gasteiger partial charge in [0, 0.05) is 25.4 Å². The number of likely N-dealkylation sites (tertiary alicyclic amines) is 1. The number of carboxylic acids is 1. The zero-order chi connectivity index (χ0) is 18.5. The van der Waals surface area contributed by atoms with Gasteiger partial charge in [-0.05, 0) is 49.4 Å². The summed E-state index contributed by atoms with van der Waals surface area (Å²) in [6.07, 6.45) is 2.88. The quantitative estimate of drug-likeness (QED) is 0.841. The molecule has 0 spiro atoms. The number of urea groups is 1. The van der Waals surface area contributed by atoms with Crippen LogP contribution in [0.5, 0.6) is 5.75 Å². The average molecular weight is 362 g/mol. The number of hydrogen-bond donors (Lipinski definition) is 2. The molecule has 3 rings (SSSR count). The molecule has 7 nitrogen and oxygen atoms in total. The molecule has 2 saturated heterocycles. The fourth-order valence-electron chi connectivity index (χ4n) is 3.50. The molecule has 7 heteroatoms. The maximum atomic E-state index is 12.4. The summed E-state index contributed by atoms with van der Waals surface area (Å²) in [4.78, 5) is 25.3. The molecule has 0 radical (unpaired) electrons. The van der Waals surface area contributed by atoms with Crippen molar-refractivity contribution >= 4 is 17.7 Å². The smallest absolute Gasteiger partial charge is 0.321 e. The SMILES string of the molecule is CC1CC(C(=O)O)CN(C(=O)Nc2ccc(OCC3CCCO3)cc2)C1. The van der Waals surface area contributed by atoms with Crippen molar-refractivity contribution in [2.24, 2.45) is 11.8 Å². The van der Waals surface area contributed by atoms with Crippen molar-refractivity contribution in [2.45, 2.75) is 32.3 Å². The number of aliphatic carboxylic acids is 1. The van der Waals surface area contributed by atoms with E-state index in [4.69, 9.17) is 9.47 Å². The first-order chi connectivity index (χ1) is 12.5. The average Bonchev–Trinajstić information content (AvgIpc) is 3.14. The van der Waals surface area contributed by atoms with E-state index in [0.717, 1.165) is 25.2 Å². The van der Waals surface area contributed by atoms with E-state index in [1.54, 1.807) is 17.0 Å². The number of carbonyl (C=O) groups excluding carboxylic acids is 1. The van der Waals surface area contributed by atoms with Crippen molar-refractivity contribution in [3.8, 4) is 5.75 Å². The van der Waals surface area contributed by atoms with Crippen molar-refractivity contribution in [3.63, 3.8) is 0 Å². The minimum absolute atomic E-state index is 0.164. The lowest BCUT2D eigenvalue weighted by Gasteiger charge is -2.34. The van der Waals surface area contributed by atoms with Crippen LogP contribution in [0.25, 0.3) is 0 Å². The first-order valence-electron chi connectivity index (χ1n) is 9.14. The second kappa shape index (κ2) is 8.40. The minimum atomic E-state index is -0.845. The van der Waals surface area contributed by atoms with Gasteiger partial charge >= 0.3 is 12.0 Å². The van der Waals surface area contributed by atoms with Crippen LogP contribution < -0.4 is 10.1 Å². The molecule has 2 amide bonds. The molecule has 3 atom stereocenters. The Morgan fingerprint density at radius 2 is 2.08 bits per heavy atom. The van der Waals surface area contributed by atoms with Gasteiger partial charge in [0.05, 0.1) is 12.0 Å². The molecule has 26 heavy (non-hydrogen) atoms. The molecule has 2 N–H and O–H groups in total. The summed E-state index contributed by atoms with van der Waals surface area (Å²) in [5, 5.41) is 12.1. The highest BCUT2D eigenvalue weighted by Crippen LogP contribution is 2.23. The van der Waals surface area contributed by atoms with Gasteiger partial charge in [-0.1, -0.05) is 6.92 Å². The summed E-state index contributed by atoms with van der Waals surface area (Å²) < 4.78 is 11.2. The predicted molar refractivity (Wildman–Crippen MR) is 96.4 cm³/mol. The number of hydrogen-bond acceptors (Lipinski definition) is 4. The fourth-order valence-corrected chi connectivity index (χ4v) is 3.50. The number of rotatable bonds is 5. The van der Waals surface area contributed by atoms with E-state index in [1.165, 1.54) is 0 Å². The van der Waals surface area contributed by atoms with Gasteiger partial charge in [0.1, 0.15) is 12.4 Å². The zero-order valence-electron chi connectivity index (χ0n) is 15.0. The number of carboxylic acid groups (broad SMARTS) is 1. The Morgan fingerprint density at radius 3 is 2.73 bits per heavy atom. The molecule has 0 aromatic heterocycles. The van der Waals surface area contributed by atoms with Crippen molar-refractivity contribution in [1.82, 2.24) is 4.90 Å². The van der Waals surface area contributed by atoms with Crippen molar-refractivity contribution in [3.05, 3.63) is 24.3 Å². The van der Waals surface area contributed by atoms with Crippen LogP contribution in [0.3, 0.4) is 0 Å². The van der Waals surface area contributed by atoms with Crippen molar-refractivity contribution in [1.29, 1.82) is 0 Å². The third-order valence-corrected chi connectivity index (χ3v) is 4.86. The maximum absolute atomic E-state index is 12.4. The van der Waals surface area contributed by atoms with Crippen LogP contribution in [-0.2, 0) is 9.53 Å². The zero-order valence-corrected chi connectivity index (χ0v) is 15.0. The summed E-state index contributed by atoms with van der Waals surface area (Å²) in [7, 11) is 0. The number of amides is 2. The predicted octanol–water partition coefficient (Wildman–Crippen LogP) is 2.82. The van der Waals surface area contributed by atoms with E-state index in [0.29, 0.717) is 25.3 Å². The highest BCUT2D eigenvalue weighted by Gasteiger charge is 2.31. The Bertz CT molecular complexity index is 627. The molecule has 1 aromatic rings. The normalized spacial score (nSPS) is 25.7. The monoisotopic (exact) mass is 362 g/mol. The van der Waals surface area contributed by atoms with Crippen LogP contribution in [0.4, 0.5) is 10.5 Å². The lowest BCUT2D eigenvalue weighted by atomic mass is 9.91. The number of anilines is 1. The summed E-state index contributed by atoms with van der Waals surface area (Å²) in [6, 6.07) is 6.92. The Balaban J connectivity index is 1.51. The topological polar surface area (TPSA) is 88.1 Å². The van der Waals surface area contributed by atoms with Gasteiger partial charge in [0.15, 0.2) is 0 Å². The summed E-state index contributed by atoms with van der Waals surface area (Å²) in [6.45, 7) is 4.12. The van der Waals surface area contributed by atoms with Crippen LogP contribution in [0, 0.1) is 11.8 Å². The molecular formula is C19H26N2O5. The Morgan fingerprint density at radius 1 is 1.31 bits per heavy atom. The number of carbonyl (C=O) groups is 2. The van der Waals surface area contributed by atoms with Crippen LogP contribution in [0.2, 0.25) is 0 Å². The van der Waals surface area contributed by atoms with Gasteiger partial charge in [-0.2, -0.15) is 0 Å². The molecule has 0 aliphatic carbocycles. The first-order valence-corrected chi connectivity index (χ1v) is 9.14. The fraction of sp³-hybridized carbons (Fsp3) is 0.579. The summed E-state index contributed by atoms with van der Waals surface area (Å²) in [5.74, 6) is -0.444. The molecule has 2 aliphatic rings. The van der Waals surface area contributed by atoms with Crippen LogP contribution >= 0.6 is 0 Å². The maximum Gasteiger partial charge on any atom is 0.321 e. The summed E-state index contributed by atoms with van der Waals surface area (Å²) >= 11 is 0. The molecule has 2 fully saturated rings. The lowest BCUT2D eigenvalue weighted by molar-refractivity contribution is -0.143. The Labute approximate surface area is 153 Å². The van der Waals surface area contributed by atoms with Gasteiger partial charge in [0.25, 0.3) is 0 Å². The van der Waals surface area contributed by atoms with Crippen LogP contribution in [0.1, 0.15) is 26.2 Å². The van der Waals surface area contributed by atoms with Crippen molar-refractivity contribution in [2.75, 3.05) is 31.6 Å². The summed E-state index contributed by atoms with van der Waals surface area (Å²) in [5.41, 5.74) is 0.657. The number of ether oxygens (including phenoxy) is 2. The van der Waals surface area contributed by atoms with E-state index < -0.39 is 11.9 Å². The van der Waals surface area contributed by atoms with Crippen LogP contribution in [-0.4, -0.2) is 54.4 Å². The van der Waals surface area contributed by atoms with E-state index in [1.807, 2.05) is 19.1 Å². The second-order valence-electron chi connectivity index (χ2n) is 7.18. The number of piperidine rings is 1. The van der Waals surface area contributed by atoms with Crippen molar-refractivity contribution < 1.29 is 24.2 Å². The molecule has 3 unspecified atom stereocenters. The van der Waals surface area contributed by atoms with E-state index >= 15 is 0 Å². The van der Waals surface area contributed by atoms with E-state index in [2.05, 4.69) is 5.32 Å². The Kier molecular flexibility index (Phi) is 5.98. The largest absolute Gasteiger partial charge is 0.491 e. The van der Waals surface area contributed by atoms with Gasteiger partial charge in [-0.15, -0.1) is 0 Å². The number of nitrogens with zero attached hydrogens (tertiary/aromatic N) is 1. The number of nitrogens with one attached hydrogen (secondary N) is 1. The minimum Gasteiger partial charge on any atom is -0.491 e.